The van der Waals surface area contributed by atoms with Gasteiger partial charge in [-0.2, -0.15) is 0 Å². The van der Waals surface area contributed by atoms with Crippen LogP contribution in [0.4, 0.5) is 5.13 Å². The molecule has 1 aromatic heterocycles. The van der Waals surface area contributed by atoms with Crippen LogP contribution in [0.5, 0.6) is 5.75 Å². The molecule has 0 atom stereocenters. The number of anilines is 1. The topological polar surface area (TPSA) is 90.4 Å². The lowest BCUT2D eigenvalue weighted by Gasteiger charge is -2.11. The monoisotopic (exact) mass is 443 g/mol. The van der Waals surface area contributed by atoms with Gasteiger partial charge in [0.05, 0.1) is 25.4 Å². The van der Waals surface area contributed by atoms with E-state index in [0.717, 1.165) is 16.9 Å². The third kappa shape index (κ3) is 6.57. The predicted octanol–water partition coefficient (Wildman–Crippen LogP) is 4.27. The van der Waals surface area contributed by atoms with E-state index in [1.807, 2.05) is 54.6 Å². The summed E-state index contributed by atoms with van der Waals surface area (Å²) in [6.45, 7) is 2.33. The maximum atomic E-state index is 12.2. The molecule has 0 saturated heterocycles. The summed E-state index contributed by atoms with van der Waals surface area (Å²) in [6, 6.07) is 17.7. The Morgan fingerprint density at radius 3 is 2.63 bits per heavy atom. The molecule has 9 heteroatoms. The van der Waals surface area contributed by atoms with Crippen molar-refractivity contribution >= 4 is 40.1 Å². The zero-order valence-corrected chi connectivity index (χ0v) is 18.0. The molecule has 0 aliphatic rings. The largest absolute Gasteiger partial charge is 0.492 e. The molecule has 7 nitrogen and oxygen atoms in total. The summed E-state index contributed by atoms with van der Waals surface area (Å²) >= 11 is 2.44. The molecule has 0 saturated carbocycles. The van der Waals surface area contributed by atoms with Crippen LogP contribution in [0.25, 0.3) is 11.1 Å². The molecular weight excluding hydrogens is 422 g/mol. The number of esters is 1. The Hall–Kier alpha value is -2.91. The lowest BCUT2D eigenvalue weighted by atomic mass is 10.1. The van der Waals surface area contributed by atoms with Gasteiger partial charge in [-0.15, -0.1) is 10.2 Å². The van der Waals surface area contributed by atoms with Crippen LogP contribution in [-0.2, 0) is 14.3 Å². The van der Waals surface area contributed by atoms with E-state index in [1.165, 1.54) is 23.1 Å². The van der Waals surface area contributed by atoms with Crippen LogP contribution in [0.3, 0.4) is 0 Å². The number of nitrogens with zero attached hydrogens (tertiary/aromatic N) is 2. The standard InChI is InChI=1S/C21H21N3O4S2/c1-2-27-19(26)14-29-21-24-23-20(30-21)22-18(25)12-13-28-17-11-7-6-10-16(17)15-8-4-3-5-9-15/h3-11H,2,12-14H2,1H3,(H,22,23,25). The Balaban J connectivity index is 1.47. The summed E-state index contributed by atoms with van der Waals surface area (Å²) in [6.07, 6.45) is 0.175. The van der Waals surface area contributed by atoms with Crippen molar-refractivity contribution in [3.8, 4) is 16.9 Å². The maximum Gasteiger partial charge on any atom is 0.316 e. The van der Waals surface area contributed by atoms with E-state index in [4.69, 9.17) is 9.47 Å². The summed E-state index contributed by atoms with van der Waals surface area (Å²) in [4.78, 5) is 23.6. The number of nitrogens with one attached hydrogen (secondary N) is 1. The zero-order valence-electron chi connectivity index (χ0n) is 16.4. The number of ether oxygens (including phenoxy) is 2. The molecule has 30 heavy (non-hydrogen) atoms. The highest BCUT2D eigenvalue weighted by Crippen LogP contribution is 2.29. The number of hydrogen-bond acceptors (Lipinski definition) is 8. The van der Waals surface area contributed by atoms with Crippen LogP contribution < -0.4 is 10.1 Å². The Morgan fingerprint density at radius 1 is 1.07 bits per heavy atom. The van der Waals surface area contributed by atoms with Gasteiger partial charge in [0.25, 0.3) is 0 Å². The Morgan fingerprint density at radius 2 is 1.83 bits per heavy atom. The highest BCUT2D eigenvalue weighted by Gasteiger charge is 2.12. The molecule has 0 unspecified atom stereocenters. The lowest BCUT2D eigenvalue weighted by molar-refractivity contribution is -0.139. The van der Waals surface area contributed by atoms with Crippen LogP contribution in [0.1, 0.15) is 13.3 Å². The Bertz CT molecular complexity index is 979. The number of benzene rings is 2. The average Bonchev–Trinajstić information content (AvgIpc) is 3.21. The molecule has 0 aliphatic carbocycles. The summed E-state index contributed by atoms with van der Waals surface area (Å²) < 4.78 is 11.3. The molecule has 3 aromatic rings. The first-order valence-electron chi connectivity index (χ1n) is 9.34. The van der Waals surface area contributed by atoms with Gasteiger partial charge < -0.3 is 14.8 Å². The number of carbonyl (C=O) groups excluding carboxylic acids is 2. The minimum absolute atomic E-state index is 0.158. The highest BCUT2D eigenvalue weighted by atomic mass is 32.2. The van der Waals surface area contributed by atoms with Gasteiger partial charge >= 0.3 is 5.97 Å². The summed E-state index contributed by atoms with van der Waals surface area (Å²) in [7, 11) is 0. The van der Waals surface area contributed by atoms with Gasteiger partial charge in [0, 0.05) is 5.56 Å². The first-order chi connectivity index (χ1) is 14.7. The van der Waals surface area contributed by atoms with E-state index < -0.39 is 0 Å². The fourth-order valence-electron chi connectivity index (χ4n) is 2.53. The third-order valence-corrected chi connectivity index (χ3v) is 5.78. The SMILES string of the molecule is CCOC(=O)CSc1nnc(NC(=O)CCOc2ccccc2-c2ccccc2)s1. The van der Waals surface area contributed by atoms with Gasteiger partial charge in [-0.3, -0.25) is 9.59 Å². The van der Waals surface area contributed by atoms with Crippen molar-refractivity contribution in [3.63, 3.8) is 0 Å². The van der Waals surface area contributed by atoms with Gasteiger partial charge in [-0.25, -0.2) is 0 Å². The molecule has 0 spiro atoms. The molecule has 1 amide bonds. The smallest absolute Gasteiger partial charge is 0.316 e. The number of amides is 1. The summed E-state index contributed by atoms with van der Waals surface area (Å²) in [5, 5.41) is 11.0. The lowest BCUT2D eigenvalue weighted by Crippen LogP contribution is -2.15. The quantitative estimate of drug-likeness (QED) is 0.284. The number of carbonyl (C=O) groups is 2. The summed E-state index contributed by atoms with van der Waals surface area (Å²) in [5.74, 6) is 0.358. The fraction of sp³-hybridized carbons (Fsp3) is 0.238. The first kappa shape index (κ1) is 21.8. The molecule has 1 N–H and O–H groups in total. The van der Waals surface area contributed by atoms with Gasteiger partial charge in [0.2, 0.25) is 11.0 Å². The van der Waals surface area contributed by atoms with Crippen LogP contribution in [0.2, 0.25) is 0 Å². The molecule has 0 radical (unpaired) electrons. The van der Waals surface area contributed by atoms with Crippen LogP contribution in [-0.4, -0.2) is 41.0 Å². The van der Waals surface area contributed by atoms with E-state index in [1.54, 1.807) is 6.92 Å². The minimum atomic E-state index is -0.309. The van der Waals surface area contributed by atoms with Gasteiger partial charge in [0.1, 0.15) is 5.75 Å². The van der Waals surface area contributed by atoms with E-state index in [2.05, 4.69) is 15.5 Å². The molecular formula is C21H21N3O4S2. The molecule has 0 fully saturated rings. The highest BCUT2D eigenvalue weighted by molar-refractivity contribution is 8.01. The number of para-hydroxylation sites is 1. The Labute approximate surface area is 182 Å². The Kier molecular flexibility index (Phi) is 8.22. The second-order valence-electron chi connectivity index (χ2n) is 5.98. The van der Waals surface area contributed by atoms with Crippen LogP contribution >= 0.6 is 23.1 Å². The number of rotatable bonds is 10. The van der Waals surface area contributed by atoms with Crippen molar-refractivity contribution in [1.29, 1.82) is 0 Å². The molecule has 2 aromatic carbocycles. The second-order valence-corrected chi connectivity index (χ2v) is 8.18. The van der Waals surface area contributed by atoms with E-state index in [-0.39, 0.29) is 30.7 Å². The van der Waals surface area contributed by atoms with E-state index in [0.29, 0.717) is 16.1 Å². The maximum absolute atomic E-state index is 12.2. The van der Waals surface area contributed by atoms with E-state index >= 15 is 0 Å². The second kappa shape index (κ2) is 11.3. The van der Waals surface area contributed by atoms with Crippen molar-refractivity contribution in [2.24, 2.45) is 0 Å². The van der Waals surface area contributed by atoms with Crippen molar-refractivity contribution < 1.29 is 19.1 Å². The molecule has 0 bridgehead atoms. The molecule has 3 rings (SSSR count). The van der Waals surface area contributed by atoms with E-state index in [9.17, 15) is 9.59 Å². The first-order valence-corrected chi connectivity index (χ1v) is 11.1. The van der Waals surface area contributed by atoms with Gasteiger partial charge in [-0.1, -0.05) is 71.6 Å². The molecule has 1 heterocycles. The van der Waals surface area contributed by atoms with Crippen molar-refractivity contribution in [1.82, 2.24) is 10.2 Å². The number of aromatic nitrogens is 2. The fourth-order valence-corrected chi connectivity index (χ4v) is 4.09. The number of hydrogen-bond donors (Lipinski definition) is 1. The van der Waals surface area contributed by atoms with Crippen molar-refractivity contribution in [2.45, 2.75) is 17.7 Å². The predicted molar refractivity (Wildman–Crippen MR) is 118 cm³/mol. The third-order valence-electron chi connectivity index (χ3n) is 3.83. The molecule has 156 valence electrons. The zero-order chi connectivity index (χ0) is 21.2. The van der Waals surface area contributed by atoms with Crippen molar-refractivity contribution in [3.05, 3.63) is 54.6 Å². The van der Waals surface area contributed by atoms with Crippen LogP contribution in [0.15, 0.2) is 58.9 Å². The number of thioether (sulfide) groups is 1. The van der Waals surface area contributed by atoms with Crippen molar-refractivity contribution in [2.75, 3.05) is 24.3 Å². The molecule has 0 aliphatic heterocycles. The summed E-state index contributed by atoms with van der Waals surface area (Å²) in [5.41, 5.74) is 2.03. The normalized spacial score (nSPS) is 10.4. The van der Waals surface area contributed by atoms with Gasteiger partial charge in [0.15, 0.2) is 4.34 Å². The average molecular weight is 444 g/mol. The van der Waals surface area contributed by atoms with Gasteiger partial charge in [-0.05, 0) is 18.6 Å². The van der Waals surface area contributed by atoms with Crippen LogP contribution in [0, 0.1) is 0 Å². The minimum Gasteiger partial charge on any atom is -0.492 e.